The van der Waals surface area contributed by atoms with Crippen LogP contribution in [0.5, 0.6) is 0 Å². The highest BCUT2D eigenvalue weighted by atomic mass is 16.3. The normalized spacial score (nSPS) is 12.3. The fraction of sp³-hybridized carbons (Fsp3) is 0.533. The van der Waals surface area contributed by atoms with Gasteiger partial charge < -0.3 is 15.7 Å². The summed E-state index contributed by atoms with van der Waals surface area (Å²) in [5.41, 5.74) is 2.88. The van der Waals surface area contributed by atoms with Crippen molar-refractivity contribution in [2.45, 2.75) is 40.2 Å². The Morgan fingerprint density at radius 1 is 1.26 bits per heavy atom. The van der Waals surface area contributed by atoms with Crippen molar-refractivity contribution in [3.8, 4) is 0 Å². The minimum atomic E-state index is -0.497. The van der Waals surface area contributed by atoms with Gasteiger partial charge in [0.05, 0.1) is 6.10 Å². The Labute approximate surface area is 115 Å². The predicted octanol–water partition coefficient (Wildman–Crippen LogP) is 2.83. The van der Waals surface area contributed by atoms with Crippen LogP contribution >= 0.6 is 0 Å². The van der Waals surface area contributed by atoms with Gasteiger partial charge in [0.25, 0.3) is 0 Å². The van der Waals surface area contributed by atoms with Gasteiger partial charge in [-0.25, -0.2) is 4.79 Å². The molecule has 0 radical (unpaired) electrons. The number of carbonyl (C=O) groups excluding carboxylic acids is 1. The summed E-state index contributed by atoms with van der Waals surface area (Å²) >= 11 is 0. The molecule has 1 aromatic carbocycles. The predicted molar refractivity (Wildman–Crippen MR) is 78.4 cm³/mol. The second kappa shape index (κ2) is 7.14. The number of amides is 2. The van der Waals surface area contributed by atoms with Crippen molar-refractivity contribution >= 4 is 11.7 Å². The molecule has 0 aliphatic rings. The van der Waals surface area contributed by atoms with Crippen molar-refractivity contribution in [2.75, 3.05) is 11.9 Å². The zero-order chi connectivity index (χ0) is 14.4. The third-order valence-corrected chi connectivity index (χ3v) is 2.96. The lowest BCUT2D eigenvalue weighted by molar-refractivity contribution is 0.148. The number of nitrogens with one attached hydrogen (secondary N) is 2. The van der Waals surface area contributed by atoms with E-state index in [4.69, 9.17) is 0 Å². The highest BCUT2D eigenvalue weighted by Crippen LogP contribution is 2.19. The highest BCUT2D eigenvalue weighted by Gasteiger charge is 2.10. The van der Waals surface area contributed by atoms with Crippen LogP contribution < -0.4 is 10.6 Å². The first kappa shape index (κ1) is 15.5. The maximum absolute atomic E-state index is 11.8. The SMILES string of the molecule is Cc1cccc(C)c1NC(=O)NCC(O)CC(C)C. The van der Waals surface area contributed by atoms with E-state index in [-0.39, 0.29) is 12.6 Å². The van der Waals surface area contributed by atoms with Gasteiger partial charge in [-0.15, -0.1) is 0 Å². The van der Waals surface area contributed by atoms with E-state index in [0.717, 1.165) is 16.8 Å². The van der Waals surface area contributed by atoms with Crippen molar-refractivity contribution in [2.24, 2.45) is 5.92 Å². The second-order valence-corrected chi connectivity index (χ2v) is 5.39. The molecule has 0 saturated carbocycles. The van der Waals surface area contributed by atoms with Crippen LogP contribution in [0.1, 0.15) is 31.4 Å². The van der Waals surface area contributed by atoms with Crippen LogP contribution in [0.4, 0.5) is 10.5 Å². The lowest BCUT2D eigenvalue weighted by atomic mass is 10.1. The number of hydrogen-bond acceptors (Lipinski definition) is 2. The summed E-state index contributed by atoms with van der Waals surface area (Å²) in [7, 11) is 0. The lowest BCUT2D eigenvalue weighted by Crippen LogP contribution is -2.36. The van der Waals surface area contributed by atoms with Gasteiger partial charge in [-0.05, 0) is 37.3 Å². The van der Waals surface area contributed by atoms with E-state index >= 15 is 0 Å². The van der Waals surface area contributed by atoms with E-state index in [1.807, 2.05) is 45.9 Å². The van der Waals surface area contributed by atoms with E-state index in [0.29, 0.717) is 12.3 Å². The molecule has 2 amide bonds. The fourth-order valence-electron chi connectivity index (χ4n) is 2.01. The van der Waals surface area contributed by atoms with Crippen molar-refractivity contribution in [1.82, 2.24) is 5.32 Å². The molecule has 1 unspecified atom stereocenters. The zero-order valence-corrected chi connectivity index (χ0v) is 12.2. The van der Waals surface area contributed by atoms with Gasteiger partial charge in [-0.2, -0.15) is 0 Å². The number of benzene rings is 1. The average molecular weight is 264 g/mol. The molecule has 0 heterocycles. The Kier molecular flexibility index (Phi) is 5.83. The van der Waals surface area contributed by atoms with E-state index < -0.39 is 6.10 Å². The summed E-state index contributed by atoms with van der Waals surface area (Å²) in [6, 6.07) is 5.59. The van der Waals surface area contributed by atoms with Gasteiger partial charge in [0.1, 0.15) is 0 Å². The monoisotopic (exact) mass is 264 g/mol. The molecule has 0 aromatic heterocycles. The van der Waals surface area contributed by atoms with Crippen molar-refractivity contribution in [1.29, 1.82) is 0 Å². The first-order chi connectivity index (χ1) is 8.90. The molecule has 1 aromatic rings. The Morgan fingerprint density at radius 2 is 1.84 bits per heavy atom. The molecular weight excluding hydrogens is 240 g/mol. The maximum atomic E-state index is 11.8. The number of rotatable bonds is 5. The number of anilines is 1. The number of hydrogen-bond donors (Lipinski definition) is 3. The fourth-order valence-corrected chi connectivity index (χ4v) is 2.01. The molecule has 3 N–H and O–H groups in total. The van der Waals surface area contributed by atoms with E-state index in [1.54, 1.807) is 0 Å². The van der Waals surface area contributed by atoms with Crippen LogP contribution in [0.25, 0.3) is 0 Å². The summed E-state index contributed by atoms with van der Waals surface area (Å²) < 4.78 is 0. The standard InChI is InChI=1S/C15H24N2O2/c1-10(2)8-13(18)9-16-15(19)17-14-11(3)6-5-7-12(14)4/h5-7,10,13,18H,8-9H2,1-4H3,(H2,16,17,19). The first-order valence-electron chi connectivity index (χ1n) is 6.69. The van der Waals surface area contributed by atoms with Gasteiger partial charge in [-0.1, -0.05) is 32.0 Å². The van der Waals surface area contributed by atoms with E-state index in [2.05, 4.69) is 10.6 Å². The molecule has 4 nitrogen and oxygen atoms in total. The molecule has 0 spiro atoms. The molecule has 1 rings (SSSR count). The second-order valence-electron chi connectivity index (χ2n) is 5.39. The Balaban J connectivity index is 2.48. The van der Waals surface area contributed by atoms with Gasteiger partial charge in [0, 0.05) is 12.2 Å². The third kappa shape index (κ3) is 5.30. The molecule has 4 heteroatoms. The quantitative estimate of drug-likeness (QED) is 0.766. The molecule has 0 aliphatic heterocycles. The van der Waals surface area contributed by atoms with Gasteiger partial charge in [0.15, 0.2) is 0 Å². The van der Waals surface area contributed by atoms with Crippen LogP contribution in [0.2, 0.25) is 0 Å². The Bertz CT molecular complexity index is 410. The van der Waals surface area contributed by atoms with Crippen molar-refractivity contribution in [3.63, 3.8) is 0 Å². The minimum absolute atomic E-state index is 0.273. The molecule has 1 atom stereocenters. The topological polar surface area (TPSA) is 61.4 Å². The van der Waals surface area contributed by atoms with E-state index in [1.165, 1.54) is 0 Å². The lowest BCUT2D eigenvalue weighted by Gasteiger charge is -2.16. The third-order valence-electron chi connectivity index (χ3n) is 2.96. The van der Waals surface area contributed by atoms with Crippen LogP contribution in [0, 0.1) is 19.8 Å². The van der Waals surface area contributed by atoms with Gasteiger partial charge in [0.2, 0.25) is 0 Å². The summed E-state index contributed by atoms with van der Waals surface area (Å²) in [4.78, 5) is 11.8. The Hall–Kier alpha value is -1.55. The Morgan fingerprint density at radius 3 is 2.37 bits per heavy atom. The number of aryl methyl sites for hydroxylation is 2. The van der Waals surface area contributed by atoms with Gasteiger partial charge >= 0.3 is 6.03 Å². The highest BCUT2D eigenvalue weighted by molar-refractivity contribution is 5.90. The number of aliphatic hydroxyl groups is 1. The number of urea groups is 1. The number of para-hydroxylation sites is 1. The molecule has 0 bridgehead atoms. The summed E-state index contributed by atoms with van der Waals surface area (Å²) in [5.74, 6) is 0.415. The molecule has 19 heavy (non-hydrogen) atoms. The molecule has 0 saturated heterocycles. The largest absolute Gasteiger partial charge is 0.391 e. The average Bonchev–Trinajstić information content (AvgIpc) is 2.30. The maximum Gasteiger partial charge on any atom is 0.319 e. The van der Waals surface area contributed by atoms with Crippen LogP contribution in [-0.4, -0.2) is 23.8 Å². The zero-order valence-electron chi connectivity index (χ0n) is 12.2. The molecule has 0 aliphatic carbocycles. The molecule has 0 fully saturated rings. The van der Waals surface area contributed by atoms with Crippen molar-refractivity contribution < 1.29 is 9.90 Å². The summed E-state index contributed by atoms with van der Waals surface area (Å²) in [5, 5.41) is 15.2. The number of carbonyl (C=O) groups is 1. The van der Waals surface area contributed by atoms with E-state index in [9.17, 15) is 9.90 Å². The molecular formula is C15H24N2O2. The minimum Gasteiger partial charge on any atom is -0.391 e. The smallest absolute Gasteiger partial charge is 0.319 e. The van der Waals surface area contributed by atoms with Crippen molar-refractivity contribution in [3.05, 3.63) is 29.3 Å². The molecule has 106 valence electrons. The van der Waals surface area contributed by atoms with Crippen LogP contribution in [0.3, 0.4) is 0 Å². The number of aliphatic hydroxyl groups excluding tert-OH is 1. The van der Waals surface area contributed by atoms with Crippen LogP contribution in [0.15, 0.2) is 18.2 Å². The summed E-state index contributed by atoms with van der Waals surface area (Å²) in [6.07, 6.45) is 0.188. The van der Waals surface area contributed by atoms with Gasteiger partial charge in [-0.3, -0.25) is 0 Å². The first-order valence-corrected chi connectivity index (χ1v) is 6.69. The summed E-state index contributed by atoms with van der Waals surface area (Å²) in [6.45, 7) is 8.27. The van der Waals surface area contributed by atoms with Crippen LogP contribution in [-0.2, 0) is 0 Å².